The van der Waals surface area contributed by atoms with Crippen LogP contribution in [0.15, 0.2) is 89.7 Å². The number of nitrogens with zero attached hydrogens (tertiary/aromatic N) is 2. The van der Waals surface area contributed by atoms with Gasteiger partial charge < -0.3 is 9.32 Å². The van der Waals surface area contributed by atoms with Crippen LogP contribution in [0.25, 0.3) is 10.8 Å². The molecule has 0 N–H and O–H groups in total. The van der Waals surface area contributed by atoms with E-state index in [0.29, 0.717) is 18.7 Å². The van der Waals surface area contributed by atoms with Crippen molar-refractivity contribution in [3.63, 3.8) is 0 Å². The first-order valence-electron chi connectivity index (χ1n) is 8.50. The summed E-state index contributed by atoms with van der Waals surface area (Å²) in [6, 6.07) is 23.2. The van der Waals surface area contributed by atoms with Crippen LogP contribution < -0.4 is 0 Å². The van der Waals surface area contributed by atoms with Crippen LogP contribution in [0, 0.1) is 0 Å². The van der Waals surface area contributed by atoms with E-state index >= 15 is 0 Å². The number of hydrogen-bond acceptors (Lipinski definition) is 3. The van der Waals surface area contributed by atoms with E-state index in [4.69, 9.17) is 4.42 Å². The summed E-state index contributed by atoms with van der Waals surface area (Å²) in [6.45, 7) is 0.815. The van der Waals surface area contributed by atoms with Crippen molar-refractivity contribution in [3.8, 4) is 0 Å². The summed E-state index contributed by atoms with van der Waals surface area (Å²) in [7, 11) is 0. The van der Waals surface area contributed by atoms with E-state index in [2.05, 4.69) is 4.98 Å². The number of aromatic nitrogens is 1. The topological polar surface area (TPSA) is 46.3 Å². The minimum Gasteiger partial charge on any atom is -0.467 e. The summed E-state index contributed by atoms with van der Waals surface area (Å²) in [5, 5.41) is 2.00. The first kappa shape index (κ1) is 16.1. The summed E-state index contributed by atoms with van der Waals surface area (Å²) in [6.07, 6.45) is 3.36. The van der Waals surface area contributed by atoms with Crippen molar-refractivity contribution in [3.05, 3.63) is 102 Å². The number of fused-ring (bicyclic) bond motifs is 1. The Bertz CT molecular complexity index is 1010. The molecule has 0 atom stereocenters. The molecule has 2 heterocycles. The second-order valence-corrected chi connectivity index (χ2v) is 6.09. The Kier molecular flexibility index (Phi) is 4.48. The molecule has 0 aliphatic heterocycles. The van der Waals surface area contributed by atoms with Crippen LogP contribution in [0.3, 0.4) is 0 Å². The smallest absolute Gasteiger partial charge is 0.255 e. The Morgan fingerprint density at radius 1 is 0.885 bits per heavy atom. The number of furan rings is 1. The van der Waals surface area contributed by atoms with Crippen molar-refractivity contribution >= 4 is 16.7 Å². The van der Waals surface area contributed by atoms with E-state index in [9.17, 15) is 4.79 Å². The number of carbonyl (C=O) groups is 1. The number of benzene rings is 2. The molecule has 0 saturated carbocycles. The van der Waals surface area contributed by atoms with E-state index < -0.39 is 0 Å². The third-order valence-corrected chi connectivity index (χ3v) is 4.31. The summed E-state index contributed by atoms with van der Waals surface area (Å²) >= 11 is 0. The molecule has 4 rings (SSSR count). The Morgan fingerprint density at radius 2 is 1.73 bits per heavy atom. The monoisotopic (exact) mass is 342 g/mol. The predicted molar refractivity (Wildman–Crippen MR) is 100 cm³/mol. The summed E-state index contributed by atoms with van der Waals surface area (Å²) in [5.41, 5.74) is 1.53. The third-order valence-electron chi connectivity index (χ3n) is 4.31. The van der Waals surface area contributed by atoms with E-state index in [1.165, 1.54) is 0 Å². The van der Waals surface area contributed by atoms with Crippen LogP contribution in [0.2, 0.25) is 0 Å². The highest BCUT2D eigenvalue weighted by molar-refractivity contribution is 6.06. The fourth-order valence-corrected chi connectivity index (χ4v) is 3.06. The normalized spacial score (nSPS) is 10.8. The van der Waals surface area contributed by atoms with E-state index in [0.717, 1.165) is 22.2 Å². The van der Waals surface area contributed by atoms with Crippen LogP contribution in [-0.2, 0) is 13.1 Å². The van der Waals surface area contributed by atoms with Crippen molar-refractivity contribution in [2.45, 2.75) is 13.1 Å². The zero-order valence-corrected chi connectivity index (χ0v) is 14.2. The van der Waals surface area contributed by atoms with Crippen LogP contribution in [0.5, 0.6) is 0 Å². The Morgan fingerprint density at radius 3 is 2.54 bits per heavy atom. The van der Waals surface area contributed by atoms with Gasteiger partial charge in [0.05, 0.1) is 25.0 Å². The molecule has 128 valence electrons. The summed E-state index contributed by atoms with van der Waals surface area (Å²) in [5.74, 6) is 0.707. The second kappa shape index (κ2) is 7.23. The highest BCUT2D eigenvalue weighted by Gasteiger charge is 2.20. The van der Waals surface area contributed by atoms with Gasteiger partial charge >= 0.3 is 0 Å². The largest absolute Gasteiger partial charge is 0.467 e. The standard InChI is InChI=1S/C22H18N2O2/c25-22(21-12-5-8-17-7-1-2-11-20(17)21)24(16-19-10-6-14-26-19)15-18-9-3-4-13-23-18/h1-14H,15-16H2. The Hall–Kier alpha value is -3.40. The zero-order chi connectivity index (χ0) is 17.8. The van der Waals surface area contributed by atoms with Crippen molar-refractivity contribution in [1.82, 2.24) is 9.88 Å². The molecule has 0 aliphatic rings. The third kappa shape index (κ3) is 3.35. The van der Waals surface area contributed by atoms with Gasteiger partial charge in [0.2, 0.25) is 0 Å². The molecule has 0 fully saturated rings. The van der Waals surface area contributed by atoms with Crippen molar-refractivity contribution in [2.75, 3.05) is 0 Å². The molecule has 4 aromatic rings. The van der Waals surface area contributed by atoms with Crippen LogP contribution in [0.1, 0.15) is 21.8 Å². The lowest BCUT2D eigenvalue weighted by Crippen LogP contribution is -2.30. The van der Waals surface area contributed by atoms with E-state index in [1.807, 2.05) is 72.8 Å². The summed E-state index contributed by atoms with van der Waals surface area (Å²) < 4.78 is 5.46. The molecular weight excluding hydrogens is 324 g/mol. The molecular formula is C22H18N2O2. The molecule has 0 bridgehead atoms. The Labute approximate surface area is 151 Å². The maximum atomic E-state index is 13.3. The molecule has 4 heteroatoms. The lowest BCUT2D eigenvalue weighted by Gasteiger charge is -2.22. The van der Waals surface area contributed by atoms with Crippen molar-refractivity contribution in [1.29, 1.82) is 0 Å². The van der Waals surface area contributed by atoms with E-state index in [1.54, 1.807) is 17.4 Å². The minimum atomic E-state index is -0.0381. The molecule has 4 nitrogen and oxygen atoms in total. The van der Waals surface area contributed by atoms with Crippen LogP contribution in [0.4, 0.5) is 0 Å². The lowest BCUT2D eigenvalue weighted by atomic mass is 10.0. The molecule has 0 radical (unpaired) electrons. The molecule has 2 aromatic carbocycles. The maximum absolute atomic E-state index is 13.3. The quantitative estimate of drug-likeness (QED) is 0.529. The molecule has 0 aliphatic carbocycles. The fourth-order valence-electron chi connectivity index (χ4n) is 3.06. The van der Waals surface area contributed by atoms with Gasteiger partial charge in [-0.15, -0.1) is 0 Å². The average molecular weight is 342 g/mol. The predicted octanol–water partition coefficient (Wildman–Crippen LogP) is 4.67. The van der Waals surface area contributed by atoms with Gasteiger partial charge in [-0.1, -0.05) is 42.5 Å². The van der Waals surface area contributed by atoms with Gasteiger partial charge in [-0.05, 0) is 41.1 Å². The maximum Gasteiger partial charge on any atom is 0.255 e. The highest BCUT2D eigenvalue weighted by Crippen LogP contribution is 2.22. The van der Waals surface area contributed by atoms with Crippen molar-refractivity contribution < 1.29 is 9.21 Å². The van der Waals surface area contributed by atoms with Crippen LogP contribution >= 0.6 is 0 Å². The number of rotatable bonds is 5. The SMILES string of the molecule is O=C(c1cccc2ccccc12)N(Cc1ccccn1)Cc1ccco1. The molecule has 26 heavy (non-hydrogen) atoms. The first-order valence-corrected chi connectivity index (χ1v) is 8.50. The number of carbonyl (C=O) groups excluding carboxylic acids is 1. The van der Waals surface area contributed by atoms with Gasteiger partial charge in [-0.25, -0.2) is 0 Å². The van der Waals surface area contributed by atoms with Gasteiger partial charge in [0.15, 0.2) is 0 Å². The lowest BCUT2D eigenvalue weighted by molar-refractivity contribution is 0.0717. The molecule has 1 amide bonds. The molecule has 0 spiro atoms. The number of amides is 1. The van der Waals surface area contributed by atoms with Gasteiger partial charge in [0.1, 0.15) is 5.76 Å². The van der Waals surface area contributed by atoms with Gasteiger partial charge in [0.25, 0.3) is 5.91 Å². The van der Waals surface area contributed by atoms with Crippen LogP contribution in [-0.4, -0.2) is 15.8 Å². The number of pyridine rings is 1. The van der Waals surface area contributed by atoms with Gasteiger partial charge in [-0.2, -0.15) is 0 Å². The molecule has 2 aromatic heterocycles. The zero-order valence-electron chi connectivity index (χ0n) is 14.2. The second-order valence-electron chi connectivity index (χ2n) is 6.09. The Balaban J connectivity index is 1.71. The number of hydrogen-bond donors (Lipinski definition) is 0. The van der Waals surface area contributed by atoms with Gasteiger partial charge in [-0.3, -0.25) is 9.78 Å². The van der Waals surface area contributed by atoms with Crippen molar-refractivity contribution in [2.24, 2.45) is 0 Å². The molecule has 0 unspecified atom stereocenters. The summed E-state index contributed by atoms with van der Waals surface area (Å²) in [4.78, 5) is 19.5. The fraction of sp³-hybridized carbons (Fsp3) is 0.0909. The van der Waals surface area contributed by atoms with Gasteiger partial charge in [0, 0.05) is 11.8 Å². The first-order chi connectivity index (χ1) is 12.8. The minimum absolute atomic E-state index is 0.0381. The molecule has 0 saturated heterocycles. The van der Waals surface area contributed by atoms with E-state index in [-0.39, 0.29) is 5.91 Å². The average Bonchev–Trinajstić information content (AvgIpc) is 3.20. The highest BCUT2D eigenvalue weighted by atomic mass is 16.3.